The number of aromatic nitrogens is 5. The number of benzene rings is 6. The van der Waals surface area contributed by atoms with Crippen LogP contribution in [0.5, 0.6) is 0 Å². The summed E-state index contributed by atoms with van der Waals surface area (Å²) in [6.07, 6.45) is 18.5. The van der Waals surface area contributed by atoms with Crippen molar-refractivity contribution < 1.29 is 51.4 Å². The Morgan fingerprint density at radius 1 is 0.692 bits per heavy atom. The monoisotopic (exact) mass is 1610 g/mol. The smallest absolute Gasteiger partial charge is 0.326 e. The first-order valence-corrected chi connectivity index (χ1v) is 43.1. The molecule has 2 aliphatic carbocycles. The number of unbranched alkanes of at least 4 members (excludes halogenated alkanes) is 4. The molecule has 26 nitrogen and oxygen atoms in total. The second-order valence-corrected chi connectivity index (χ2v) is 32.7. The minimum Gasteiger partial charge on any atom is -0.480 e. The van der Waals surface area contributed by atoms with E-state index in [1.54, 1.807) is 35.1 Å². The molecule has 3 heterocycles. The van der Waals surface area contributed by atoms with Gasteiger partial charge in [-0.3, -0.25) is 33.2 Å². The maximum Gasteiger partial charge on any atom is 0.326 e. The van der Waals surface area contributed by atoms with Crippen LogP contribution in [0.4, 0.5) is 28.4 Å². The first-order chi connectivity index (χ1) is 56.5. The molecule has 0 spiro atoms. The van der Waals surface area contributed by atoms with Crippen LogP contribution < -0.4 is 45.9 Å². The van der Waals surface area contributed by atoms with Gasteiger partial charge in [-0.1, -0.05) is 100 Å². The number of rotatable bonds is 41. The lowest BCUT2D eigenvalue weighted by atomic mass is 9.80. The van der Waals surface area contributed by atoms with Crippen molar-refractivity contribution in [2.45, 2.75) is 198 Å². The van der Waals surface area contributed by atoms with Gasteiger partial charge in [0.05, 0.1) is 29.0 Å². The van der Waals surface area contributed by atoms with E-state index in [-0.39, 0.29) is 42.5 Å². The zero-order valence-corrected chi connectivity index (χ0v) is 69.6. The second-order valence-electron chi connectivity index (χ2n) is 31.3. The van der Waals surface area contributed by atoms with Gasteiger partial charge in [0.1, 0.15) is 34.3 Å². The van der Waals surface area contributed by atoms with Crippen molar-refractivity contribution >= 4 is 102 Å². The number of para-hydroxylation sites is 1. The lowest BCUT2D eigenvalue weighted by Gasteiger charge is -2.38. The van der Waals surface area contributed by atoms with E-state index in [0.29, 0.717) is 113 Å². The zero-order valence-electron chi connectivity index (χ0n) is 68.7. The Hall–Kier alpha value is -11.0. The van der Waals surface area contributed by atoms with Crippen molar-refractivity contribution in [1.29, 1.82) is 0 Å². The number of amides is 5. The van der Waals surface area contributed by atoms with Gasteiger partial charge in [-0.05, 0) is 212 Å². The van der Waals surface area contributed by atoms with Gasteiger partial charge in [-0.15, -0.1) is 9.67 Å². The Bertz CT molecular complexity index is 5010. The van der Waals surface area contributed by atoms with E-state index in [9.17, 15) is 46.8 Å². The number of allylic oxidation sites excluding steroid dienone is 6. The summed E-state index contributed by atoms with van der Waals surface area (Å²) in [6.45, 7) is 20.4. The van der Waals surface area contributed by atoms with Crippen molar-refractivity contribution in [3.63, 3.8) is 0 Å². The van der Waals surface area contributed by atoms with Gasteiger partial charge >= 0.3 is 5.97 Å². The van der Waals surface area contributed by atoms with Crippen molar-refractivity contribution in [2.24, 2.45) is 10.2 Å². The van der Waals surface area contributed by atoms with Crippen molar-refractivity contribution in [3.8, 4) is 5.69 Å². The molecule has 2 fully saturated rings. The summed E-state index contributed by atoms with van der Waals surface area (Å²) in [5.41, 5.74) is 12.2. The molecule has 8 aromatic rings. The topological polar surface area (TPSA) is 322 Å². The quantitative estimate of drug-likeness (QED) is 0.00467. The number of nitrogens with zero attached hydrogens (tertiary/aromatic N) is 11. The van der Waals surface area contributed by atoms with Gasteiger partial charge in [0.15, 0.2) is 0 Å². The third-order valence-electron chi connectivity index (χ3n) is 22.9. The van der Waals surface area contributed by atoms with Gasteiger partial charge < -0.3 is 51.3 Å². The Labute approximate surface area is 687 Å². The minimum atomic E-state index is -4.38. The molecule has 11 rings (SSSR count). The predicted molar refractivity (Wildman–Crippen MR) is 459 cm³/mol. The molecule has 5 amide bonds. The maximum absolute atomic E-state index is 14.9. The molecular formula is C90H115N16O10S+. The molecule has 1 saturated heterocycles. The van der Waals surface area contributed by atoms with Crippen LogP contribution in [-0.2, 0) is 52.6 Å². The van der Waals surface area contributed by atoms with E-state index in [1.807, 2.05) is 119 Å². The number of carbonyl (C=O) groups excluding carboxylic acids is 5. The molecule has 3 aliphatic rings. The van der Waals surface area contributed by atoms with E-state index in [0.717, 1.165) is 139 Å². The summed E-state index contributed by atoms with van der Waals surface area (Å²) < 4.78 is 37.8. The molecule has 0 bridgehead atoms. The summed E-state index contributed by atoms with van der Waals surface area (Å²) in [4.78, 5) is 96.8. The molecule has 2 aromatic heterocycles. The number of nitrogens with one attached hydrogen (secondary N) is 5. The Kier molecular flexibility index (Phi) is 30.6. The van der Waals surface area contributed by atoms with Crippen molar-refractivity contribution in [2.75, 3.05) is 80.7 Å². The average molecular weight is 1610 g/mol. The highest BCUT2D eigenvalue weighted by molar-refractivity contribution is 7.85. The number of likely N-dealkylation sites (N-methyl/N-ethyl adjacent to an activating group) is 1. The molecule has 1 aliphatic heterocycles. The fourth-order valence-corrected chi connectivity index (χ4v) is 16.6. The maximum atomic E-state index is 14.9. The Balaban J connectivity index is 0.651. The molecular weight excluding hydrogens is 1500 g/mol. The van der Waals surface area contributed by atoms with E-state index in [1.165, 1.54) is 6.07 Å². The number of hydrogen-bond donors (Lipinski definition) is 7. The average Bonchev–Trinajstić information content (AvgIpc) is 1.64. The molecule has 117 heavy (non-hydrogen) atoms. The fraction of sp³-hybridized carbons (Fsp3) is 0.444. The van der Waals surface area contributed by atoms with Crippen molar-refractivity contribution in [3.05, 3.63) is 192 Å². The summed E-state index contributed by atoms with van der Waals surface area (Å²) in [5.74, 6) is -3.09. The molecule has 27 heteroatoms. The van der Waals surface area contributed by atoms with Crippen LogP contribution in [0, 0.1) is 0 Å². The number of carboxylic acids is 1. The van der Waals surface area contributed by atoms with E-state index < -0.39 is 56.8 Å². The number of fused-ring (bicyclic) bond motifs is 3. The zero-order chi connectivity index (χ0) is 83.1. The summed E-state index contributed by atoms with van der Waals surface area (Å²) in [6, 6.07) is 40.1. The number of aliphatic carboxylic acids is 1. The number of hydrogen-bond acceptors (Lipinski definition) is 17. The summed E-state index contributed by atoms with van der Waals surface area (Å²) >= 11 is 0. The van der Waals surface area contributed by atoms with Gasteiger partial charge in [-0.2, -0.15) is 18.6 Å². The number of carbonyl (C=O) groups is 6. The Morgan fingerprint density at radius 3 is 2.08 bits per heavy atom. The van der Waals surface area contributed by atoms with E-state index in [2.05, 4.69) is 128 Å². The number of aryl methyl sites for hydroxylation is 1. The largest absolute Gasteiger partial charge is 0.480 e. The standard InChI is InChI=1S/C90H114N16O10S/c1-8-12-16-31-75-73(74-47-46-72(117(114,115)116)61-76(74)89(75,5)6)30-19-14-20-34-84(108)92-62-67-63-105(100-99-67)54-26-22-33-80(87(111)112)94-86(110)79(95-88(113)90(50-23-15-24-51-90)96-85(109)64-36-41-69(42-37-64)104-57-55-102(9-2)56-58-104)32-21-25-52-91-83(107)35-27-53-101(7)68-43-38-65(39-44-68)97-98-66-40-48-77-81(59-66)106(70-28-17-13-18-29-70)82-60-71(103(10-3)11-4)45-49-78(82)93-77/h8,12-13,16-18,28-29,31,36-49,59-61,63,79-80H,9-11,14-15,19-27,30,32-35,50-58,62H2,1-7H3,(H6-,91,92,94,95,96,107,108,109,110,111,112,113,114,115,116)/p+1/b12-8+,31-16+/t79-,80?/m0/s1. The second kappa shape index (κ2) is 41.2. The SMILES string of the molecule is C/C=C/C=C/C1=C(CCCCCC(=O)NCc2cn(CCCCC(NC(=O)[C@H](CCCCNC(=O)CCCN(C)c3ccc(N=Nc4ccc5nc6ccc(N(CC)CC)cc6[n+](-c6ccccc6)c5c4)cc3)NC(=O)C3(NC(=O)c4ccc(N5CCN(CC)CC5)cc4)CCCCC3)C(=O)O)nn2)c2ccc(S(=O)(=O)O)cc2C1(C)C. The normalized spacial score (nSPS) is 15.4. The van der Waals surface area contributed by atoms with Crippen LogP contribution in [0.1, 0.15) is 184 Å². The van der Waals surface area contributed by atoms with Gasteiger partial charge in [-0.25, -0.2) is 9.78 Å². The number of azo groups is 1. The van der Waals surface area contributed by atoms with Gasteiger partial charge in [0, 0.05) is 131 Å². The number of piperazine rings is 1. The number of anilines is 3. The van der Waals surface area contributed by atoms with Crippen LogP contribution in [-0.4, -0.2) is 162 Å². The molecule has 1 saturated carbocycles. The van der Waals surface area contributed by atoms with Crippen molar-refractivity contribution in [1.82, 2.24) is 51.5 Å². The minimum absolute atomic E-state index is 0.0724. The third kappa shape index (κ3) is 23.0. The molecule has 6 aromatic carbocycles. The Morgan fingerprint density at radius 2 is 1.37 bits per heavy atom. The summed E-state index contributed by atoms with van der Waals surface area (Å²) in [5, 5.41) is 43.1. The third-order valence-corrected chi connectivity index (χ3v) is 23.8. The van der Waals surface area contributed by atoms with E-state index in [4.69, 9.17) is 4.98 Å². The molecule has 0 radical (unpaired) electrons. The molecule has 620 valence electrons. The predicted octanol–water partition coefficient (Wildman–Crippen LogP) is 13.9. The molecule has 1 unspecified atom stereocenters. The van der Waals surface area contributed by atoms with Crippen LogP contribution in [0.25, 0.3) is 33.3 Å². The first-order valence-electron chi connectivity index (χ1n) is 41.6. The highest BCUT2D eigenvalue weighted by Crippen LogP contribution is 2.49. The lowest BCUT2D eigenvalue weighted by molar-refractivity contribution is -0.538. The highest BCUT2D eigenvalue weighted by Gasteiger charge is 2.43. The lowest BCUT2D eigenvalue weighted by Crippen LogP contribution is -2.63. The van der Waals surface area contributed by atoms with Crippen LogP contribution >= 0.6 is 0 Å². The van der Waals surface area contributed by atoms with Crippen LogP contribution in [0.15, 0.2) is 185 Å². The van der Waals surface area contributed by atoms with Gasteiger partial charge in [0.2, 0.25) is 40.3 Å². The highest BCUT2D eigenvalue weighted by atomic mass is 32.2. The van der Waals surface area contributed by atoms with E-state index >= 15 is 0 Å². The van der Waals surface area contributed by atoms with Gasteiger partial charge in [0.25, 0.3) is 16.0 Å². The molecule has 7 N–H and O–H groups in total. The molecule has 2 atom stereocenters. The first kappa shape index (κ1) is 86.8. The van der Waals surface area contributed by atoms with Crippen LogP contribution in [0.2, 0.25) is 0 Å². The fourth-order valence-electron chi connectivity index (χ4n) is 16.1. The number of carboxylic acid groups (broad SMARTS) is 1. The van der Waals surface area contributed by atoms with Crippen LogP contribution in [0.3, 0.4) is 0 Å². The summed E-state index contributed by atoms with van der Waals surface area (Å²) in [7, 11) is -2.41.